The van der Waals surface area contributed by atoms with E-state index in [2.05, 4.69) is 104 Å². The highest BCUT2D eigenvalue weighted by atomic mass is 27.1. The van der Waals surface area contributed by atoms with E-state index in [0.717, 1.165) is 78.1 Å². The lowest BCUT2D eigenvalue weighted by Crippen LogP contribution is -2.37. The molecule has 6 heterocycles. The van der Waals surface area contributed by atoms with E-state index < -0.39 is 15.7 Å². The topological polar surface area (TPSA) is 74.7 Å². The molecule has 0 amide bonds. The highest BCUT2D eigenvalue weighted by Crippen LogP contribution is 2.39. The zero-order valence-electron chi connectivity index (χ0n) is 30.5. The third-order valence-electron chi connectivity index (χ3n) is 8.64. The Morgan fingerprint density at radius 1 is 0.440 bits per heavy atom. The largest absolute Gasteiger partial charge is 0.675 e. The summed E-state index contributed by atoms with van der Waals surface area (Å²) in [6.07, 6.45) is 0. The van der Waals surface area contributed by atoms with Crippen LogP contribution < -0.4 is 11.0 Å². The van der Waals surface area contributed by atoms with Gasteiger partial charge >= 0.3 is 15.7 Å². The van der Waals surface area contributed by atoms with E-state index in [1.807, 2.05) is 67.5 Å². The lowest BCUT2D eigenvalue weighted by molar-refractivity contribution is -0.408. The van der Waals surface area contributed by atoms with Gasteiger partial charge in [0.05, 0.1) is 23.6 Å². The van der Waals surface area contributed by atoms with E-state index in [-0.39, 0.29) is 0 Å². The number of aromatic nitrogens is 2. The Kier molecular flexibility index (Phi) is 10.2. The van der Waals surface area contributed by atoms with Crippen LogP contribution in [0.4, 0.5) is 11.6 Å². The van der Waals surface area contributed by atoms with Crippen molar-refractivity contribution in [3.05, 3.63) is 130 Å². The van der Waals surface area contributed by atoms with Crippen molar-refractivity contribution in [3.63, 3.8) is 0 Å². The first-order chi connectivity index (χ1) is 24.7. The van der Waals surface area contributed by atoms with Gasteiger partial charge < -0.3 is 7.10 Å². The number of hydrogen-bond acceptors (Lipinski definition) is 5. The molecule has 4 aliphatic heterocycles. The van der Waals surface area contributed by atoms with Crippen molar-refractivity contribution in [1.29, 1.82) is 0 Å². The van der Waals surface area contributed by atoms with Gasteiger partial charge in [0.15, 0.2) is 17.5 Å². The maximum Gasteiger partial charge on any atom is 0.675 e. The van der Waals surface area contributed by atoms with Crippen molar-refractivity contribution in [1.82, 2.24) is 7.10 Å². The summed E-state index contributed by atoms with van der Waals surface area (Å²) in [5.74, 6) is 4.95. The maximum absolute atomic E-state index is 5.32. The highest BCUT2D eigenvalue weighted by Gasteiger charge is 2.35. The Morgan fingerprint density at radius 3 is 1.42 bits per heavy atom. The predicted molar refractivity (Wildman–Crippen MR) is 212 cm³/mol. The van der Waals surface area contributed by atoms with Crippen LogP contribution in [0.5, 0.6) is 0 Å². The minimum absolute atomic E-state index is 0.683. The molecule has 0 saturated carbocycles. The molecule has 4 aliphatic rings. The lowest BCUT2D eigenvalue weighted by atomic mass is 10.1. The summed E-state index contributed by atoms with van der Waals surface area (Å²) in [5.41, 5.74) is 5.84. The fourth-order valence-electron chi connectivity index (χ4n) is 6.76. The van der Waals surface area contributed by atoms with Gasteiger partial charge in [-0.05, 0) is 24.3 Å². The summed E-state index contributed by atoms with van der Waals surface area (Å²) >= 11 is -1.33. The van der Waals surface area contributed by atoms with E-state index in [4.69, 9.17) is 25.0 Å². The molecule has 6 aromatic rings. The zero-order chi connectivity index (χ0) is 35.5. The molecule has 0 radical (unpaired) electrons. The molecule has 0 fully saturated rings. The van der Waals surface area contributed by atoms with Gasteiger partial charge in [-0.3, -0.25) is 0 Å². The van der Waals surface area contributed by atoms with Gasteiger partial charge in [-0.15, -0.1) is 0 Å². The molecule has 250 valence electrons. The Morgan fingerprint density at radius 2 is 0.860 bits per heavy atom. The van der Waals surface area contributed by atoms with Crippen LogP contribution in [0.3, 0.4) is 0 Å². The number of amidine groups is 4. The monoisotopic (exact) mass is 675 g/mol. The van der Waals surface area contributed by atoms with Crippen molar-refractivity contribution >= 4 is 72.2 Å². The molecule has 0 spiro atoms. The van der Waals surface area contributed by atoms with Gasteiger partial charge in [-0.25, -0.2) is 14.6 Å². The number of nitrogens with zero attached hydrogens (tertiary/aromatic N) is 8. The molecular weight excluding hydrogens is 631 g/mol. The second-order valence-corrected chi connectivity index (χ2v) is 12.4. The first kappa shape index (κ1) is 34.6. The Balaban J connectivity index is 0.000000507. The summed E-state index contributed by atoms with van der Waals surface area (Å²) in [5, 5.41) is 4.33. The van der Waals surface area contributed by atoms with Crippen molar-refractivity contribution in [2.75, 3.05) is 7.05 Å². The minimum Gasteiger partial charge on any atom is -0.372 e. The highest BCUT2D eigenvalue weighted by molar-refractivity contribution is 6.37. The Bertz CT molecular complexity index is 2510. The Hall–Kier alpha value is -5.23. The summed E-state index contributed by atoms with van der Waals surface area (Å²) in [7, 11) is 2.11. The second kappa shape index (κ2) is 14.7. The van der Waals surface area contributed by atoms with E-state index in [1.54, 1.807) is 0 Å². The van der Waals surface area contributed by atoms with Crippen molar-refractivity contribution in [2.45, 2.75) is 55.4 Å². The minimum atomic E-state index is -1.33. The van der Waals surface area contributed by atoms with Gasteiger partial charge in [0.2, 0.25) is 11.7 Å². The van der Waals surface area contributed by atoms with Crippen LogP contribution in [-0.4, -0.2) is 57.7 Å². The van der Waals surface area contributed by atoms with Crippen LogP contribution in [0, 0.1) is 0 Å². The standard InChI is InChI=1S/C33H19N8.4C2H6.Al.H/c1-41-32-24-16-8-6-14-22(24)30(39-32)37-28-20-12-4-2-10-18(20)26(35-28)34-27-19-11-3-5-13-21(19)29(36-27)38-31-23-15-7-9-17-25(23)33(41)40-31;4*1-2;;/h2-17H,1H3;4*1-2H3;;/q-1;;;;;+2;. The maximum atomic E-state index is 5.32. The molecular formula is C41H44AlN8+. The van der Waals surface area contributed by atoms with Gasteiger partial charge in [0.1, 0.15) is 11.0 Å². The summed E-state index contributed by atoms with van der Waals surface area (Å²) in [4.78, 5) is 26.2. The molecule has 6 bridgehead atoms. The van der Waals surface area contributed by atoms with Crippen LogP contribution >= 0.6 is 0 Å². The van der Waals surface area contributed by atoms with Gasteiger partial charge in [0.25, 0.3) is 5.84 Å². The SMILES string of the molecule is CC.CC.CC.CC.C[N+]1=C2N=C(N=c3c4ccccc4c4[n]3[AlH][n]3c(c5ccccc5c31)N=C1N=C(N=4)c3ccccc31)c1ccccc12. The molecule has 9 heteroatoms. The molecule has 0 saturated heterocycles. The van der Waals surface area contributed by atoms with E-state index in [1.165, 1.54) is 0 Å². The van der Waals surface area contributed by atoms with Crippen molar-refractivity contribution in [3.8, 4) is 0 Å². The fraction of sp³-hybridized carbons (Fsp3) is 0.220. The number of aliphatic imine (C=N–C) groups is 3. The number of benzene rings is 4. The first-order valence-corrected chi connectivity index (χ1v) is 19.2. The molecule has 0 N–H and O–H groups in total. The fourth-order valence-corrected chi connectivity index (χ4v) is 8.69. The molecule has 10 rings (SSSR count). The molecule has 0 aliphatic carbocycles. The third kappa shape index (κ3) is 5.29. The molecule has 8 nitrogen and oxygen atoms in total. The number of hydrogen-bond donors (Lipinski definition) is 0. The predicted octanol–water partition coefficient (Wildman–Crippen LogP) is 7.95. The Labute approximate surface area is 300 Å². The van der Waals surface area contributed by atoms with E-state index >= 15 is 0 Å². The van der Waals surface area contributed by atoms with Gasteiger partial charge in [-0.1, -0.05) is 133 Å². The first-order valence-electron chi connectivity index (χ1n) is 18.0. The van der Waals surface area contributed by atoms with Crippen LogP contribution in [0.2, 0.25) is 0 Å². The van der Waals surface area contributed by atoms with Crippen molar-refractivity contribution < 1.29 is 4.58 Å². The number of rotatable bonds is 0. The average molecular weight is 676 g/mol. The normalized spacial score (nSPS) is 13.7. The van der Waals surface area contributed by atoms with Crippen LogP contribution in [-0.2, 0) is 0 Å². The lowest BCUT2D eigenvalue weighted by Gasteiger charge is -2.11. The van der Waals surface area contributed by atoms with Crippen LogP contribution in [0.25, 0.3) is 21.5 Å². The van der Waals surface area contributed by atoms with Gasteiger partial charge in [0, 0.05) is 27.3 Å². The van der Waals surface area contributed by atoms with Crippen molar-refractivity contribution in [2.24, 2.45) is 25.0 Å². The average Bonchev–Trinajstić information content (AvgIpc) is 3.91. The third-order valence-corrected chi connectivity index (χ3v) is 10.4. The van der Waals surface area contributed by atoms with Crippen LogP contribution in [0.1, 0.15) is 77.6 Å². The van der Waals surface area contributed by atoms with Gasteiger partial charge in [-0.2, -0.15) is 9.98 Å². The quantitative estimate of drug-likeness (QED) is 0.116. The molecule has 50 heavy (non-hydrogen) atoms. The number of fused-ring (bicyclic) bond motifs is 14. The van der Waals surface area contributed by atoms with E-state index in [9.17, 15) is 0 Å². The molecule has 0 unspecified atom stereocenters. The zero-order valence-corrected chi connectivity index (χ0v) is 31.9. The van der Waals surface area contributed by atoms with E-state index in [0.29, 0.717) is 11.7 Å². The molecule has 4 aromatic carbocycles. The van der Waals surface area contributed by atoms with Crippen LogP contribution in [0.15, 0.2) is 122 Å². The molecule has 0 atom stereocenters. The summed E-state index contributed by atoms with van der Waals surface area (Å²) < 4.78 is 6.96. The summed E-state index contributed by atoms with van der Waals surface area (Å²) in [6.45, 7) is 16.0. The summed E-state index contributed by atoms with van der Waals surface area (Å²) in [6, 6.07) is 33.6. The molecule has 2 aromatic heterocycles. The smallest absolute Gasteiger partial charge is 0.372 e. The second-order valence-electron chi connectivity index (χ2n) is 10.9.